The molecule has 2 heterocycles. The predicted molar refractivity (Wildman–Crippen MR) is 55.8 cm³/mol. The van der Waals surface area contributed by atoms with Crippen LogP contribution in [0.2, 0.25) is 0 Å². The van der Waals surface area contributed by atoms with E-state index in [1.54, 1.807) is 5.57 Å². The van der Waals surface area contributed by atoms with Crippen molar-refractivity contribution in [1.29, 1.82) is 0 Å². The van der Waals surface area contributed by atoms with Gasteiger partial charge in [0.2, 0.25) is 0 Å². The van der Waals surface area contributed by atoms with Gasteiger partial charge in [0.25, 0.3) is 0 Å². The maximum Gasteiger partial charge on any atom is 0.0165 e. The Labute approximate surface area is 81.0 Å². The van der Waals surface area contributed by atoms with E-state index in [4.69, 9.17) is 0 Å². The highest BCUT2D eigenvalue weighted by Crippen LogP contribution is 2.14. The lowest BCUT2D eigenvalue weighted by molar-refractivity contribution is 0.253. The molecule has 0 radical (unpaired) electrons. The van der Waals surface area contributed by atoms with Crippen LogP contribution < -0.4 is 5.32 Å². The Kier molecular flexibility index (Phi) is 3.01. The maximum atomic E-state index is 3.43. The van der Waals surface area contributed by atoms with Gasteiger partial charge in [-0.05, 0) is 38.8 Å². The molecule has 1 unspecified atom stereocenters. The van der Waals surface area contributed by atoms with E-state index in [-0.39, 0.29) is 0 Å². The minimum absolute atomic E-state index is 0.909. The minimum Gasteiger partial charge on any atom is -0.316 e. The summed E-state index contributed by atoms with van der Waals surface area (Å²) >= 11 is 0. The van der Waals surface area contributed by atoms with Crippen molar-refractivity contribution < 1.29 is 0 Å². The molecule has 0 bridgehead atoms. The first-order chi connectivity index (χ1) is 6.34. The van der Waals surface area contributed by atoms with Crippen LogP contribution in [-0.2, 0) is 0 Å². The molecule has 13 heavy (non-hydrogen) atoms. The first-order valence-corrected chi connectivity index (χ1v) is 5.43. The van der Waals surface area contributed by atoms with Gasteiger partial charge < -0.3 is 5.32 Å². The second kappa shape index (κ2) is 4.25. The van der Waals surface area contributed by atoms with E-state index >= 15 is 0 Å². The highest BCUT2D eigenvalue weighted by atomic mass is 15.1. The van der Waals surface area contributed by atoms with Crippen LogP contribution in [-0.4, -0.2) is 37.6 Å². The lowest BCUT2D eigenvalue weighted by atomic mass is 10.1. The van der Waals surface area contributed by atoms with Crippen molar-refractivity contribution in [3.8, 4) is 0 Å². The van der Waals surface area contributed by atoms with Crippen LogP contribution in [0, 0.1) is 5.92 Å². The summed E-state index contributed by atoms with van der Waals surface area (Å²) in [6, 6.07) is 0. The van der Waals surface area contributed by atoms with Gasteiger partial charge in [0.15, 0.2) is 0 Å². The number of rotatable bonds is 2. The Morgan fingerprint density at radius 1 is 1.62 bits per heavy atom. The van der Waals surface area contributed by atoms with Gasteiger partial charge in [-0.3, -0.25) is 4.90 Å². The van der Waals surface area contributed by atoms with Gasteiger partial charge in [0.1, 0.15) is 0 Å². The Morgan fingerprint density at radius 2 is 2.54 bits per heavy atom. The maximum absolute atomic E-state index is 3.43. The third-order valence-electron chi connectivity index (χ3n) is 3.20. The molecule has 0 amide bonds. The summed E-state index contributed by atoms with van der Waals surface area (Å²) in [5, 5.41) is 3.43. The quantitative estimate of drug-likeness (QED) is 0.643. The standard InChI is InChI=1S/C11H20N2/c1-10-3-6-13(7-4-10)9-11-2-5-12-8-11/h3,11-12H,2,4-9H2,1H3. The highest BCUT2D eigenvalue weighted by molar-refractivity contribution is 5.03. The predicted octanol–water partition coefficient (Wildman–Crippen LogP) is 1.25. The largest absolute Gasteiger partial charge is 0.316 e. The average Bonchev–Trinajstić information content (AvgIpc) is 2.62. The summed E-state index contributed by atoms with van der Waals surface area (Å²) in [4.78, 5) is 2.59. The van der Waals surface area contributed by atoms with Gasteiger partial charge in [0.05, 0.1) is 0 Å². The van der Waals surface area contributed by atoms with Crippen molar-refractivity contribution in [1.82, 2.24) is 10.2 Å². The molecule has 0 saturated carbocycles. The zero-order chi connectivity index (χ0) is 9.10. The van der Waals surface area contributed by atoms with Gasteiger partial charge in [-0.1, -0.05) is 11.6 Å². The molecule has 1 atom stereocenters. The lowest BCUT2D eigenvalue weighted by Gasteiger charge is -2.27. The first-order valence-electron chi connectivity index (χ1n) is 5.43. The monoisotopic (exact) mass is 180 g/mol. The molecule has 2 heteroatoms. The molecule has 0 aliphatic carbocycles. The van der Waals surface area contributed by atoms with Gasteiger partial charge in [0, 0.05) is 19.6 Å². The minimum atomic E-state index is 0.909. The van der Waals surface area contributed by atoms with Gasteiger partial charge in [-0.25, -0.2) is 0 Å². The number of nitrogens with zero attached hydrogens (tertiary/aromatic N) is 1. The van der Waals surface area contributed by atoms with Crippen LogP contribution >= 0.6 is 0 Å². The number of hydrogen-bond acceptors (Lipinski definition) is 2. The summed E-state index contributed by atoms with van der Waals surface area (Å²) in [5.41, 5.74) is 1.57. The molecular weight excluding hydrogens is 160 g/mol. The van der Waals surface area contributed by atoms with E-state index < -0.39 is 0 Å². The third-order valence-corrected chi connectivity index (χ3v) is 3.20. The van der Waals surface area contributed by atoms with Crippen LogP contribution in [0.25, 0.3) is 0 Å². The molecule has 74 valence electrons. The molecule has 2 nitrogen and oxygen atoms in total. The zero-order valence-electron chi connectivity index (χ0n) is 8.55. The smallest absolute Gasteiger partial charge is 0.0165 e. The Balaban J connectivity index is 1.76. The van der Waals surface area contributed by atoms with Crippen molar-refractivity contribution in [3.05, 3.63) is 11.6 Å². The van der Waals surface area contributed by atoms with E-state index in [1.807, 2.05) is 0 Å². The fourth-order valence-electron chi connectivity index (χ4n) is 2.21. The van der Waals surface area contributed by atoms with Gasteiger partial charge in [-0.15, -0.1) is 0 Å². The van der Waals surface area contributed by atoms with E-state index in [2.05, 4.69) is 23.2 Å². The molecule has 0 aromatic rings. The molecule has 2 rings (SSSR count). The molecule has 1 saturated heterocycles. The van der Waals surface area contributed by atoms with E-state index in [9.17, 15) is 0 Å². The van der Waals surface area contributed by atoms with E-state index in [0.717, 1.165) is 5.92 Å². The molecule has 1 fully saturated rings. The van der Waals surface area contributed by atoms with Crippen LogP contribution in [0.5, 0.6) is 0 Å². The summed E-state index contributed by atoms with van der Waals surface area (Å²) in [6.45, 7) is 8.47. The van der Waals surface area contributed by atoms with Gasteiger partial charge >= 0.3 is 0 Å². The van der Waals surface area contributed by atoms with Crippen LogP contribution in [0.4, 0.5) is 0 Å². The van der Waals surface area contributed by atoms with Crippen LogP contribution in [0.15, 0.2) is 11.6 Å². The highest BCUT2D eigenvalue weighted by Gasteiger charge is 2.18. The second-order valence-corrected chi connectivity index (χ2v) is 4.42. The summed E-state index contributed by atoms with van der Waals surface area (Å²) < 4.78 is 0. The normalized spacial score (nSPS) is 30.5. The summed E-state index contributed by atoms with van der Waals surface area (Å²) in [7, 11) is 0. The third kappa shape index (κ3) is 2.55. The van der Waals surface area contributed by atoms with Crippen molar-refractivity contribution >= 4 is 0 Å². The zero-order valence-corrected chi connectivity index (χ0v) is 8.55. The fourth-order valence-corrected chi connectivity index (χ4v) is 2.21. The molecular formula is C11H20N2. The number of hydrogen-bond donors (Lipinski definition) is 1. The Hall–Kier alpha value is -0.340. The SMILES string of the molecule is CC1=CCN(CC2CCNC2)CC1. The van der Waals surface area contributed by atoms with Gasteiger partial charge in [-0.2, -0.15) is 0 Å². The second-order valence-electron chi connectivity index (χ2n) is 4.42. The van der Waals surface area contributed by atoms with E-state index in [0.29, 0.717) is 0 Å². The van der Waals surface area contributed by atoms with Crippen molar-refractivity contribution in [3.63, 3.8) is 0 Å². The summed E-state index contributed by atoms with van der Waals surface area (Å²) in [5.74, 6) is 0.909. The molecule has 1 N–H and O–H groups in total. The van der Waals surface area contributed by atoms with E-state index in [1.165, 1.54) is 45.6 Å². The molecule has 2 aliphatic heterocycles. The first kappa shape index (κ1) is 9.22. The molecule has 0 aromatic heterocycles. The Morgan fingerprint density at radius 3 is 3.15 bits per heavy atom. The number of nitrogens with one attached hydrogen (secondary N) is 1. The fraction of sp³-hybridized carbons (Fsp3) is 0.818. The average molecular weight is 180 g/mol. The molecule has 0 spiro atoms. The van der Waals surface area contributed by atoms with Crippen molar-refractivity contribution in [2.45, 2.75) is 19.8 Å². The van der Waals surface area contributed by atoms with Crippen LogP contribution in [0.3, 0.4) is 0 Å². The topological polar surface area (TPSA) is 15.3 Å². The van der Waals surface area contributed by atoms with Crippen molar-refractivity contribution in [2.75, 3.05) is 32.7 Å². The molecule has 0 aromatic carbocycles. The van der Waals surface area contributed by atoms with Crippen LogP contribution in [0.1, 0.15) is 19.8 Å². The van der Waals surface area contributed by atoms with Crippen molar-refractivity contribution in [2.24, 2.45) is 5.92 Å². The lowest BCUT2D eigenvalue weighted by Crippen LogP contribution is -2.33. The summed E-state index contributed by atoms with van der Waals surface area (Å²) in [6.07, 6.45) is 5.03. The molecule has 2 aliphatic rings. The Bertz CT molecular complexity index is 192.